The van der Waals surface area contributed by atoms with Gasteiger partial charge < -0.3 is 4.57 Å². The highest BCUT2D eigenvalue weighted by molar-refractivity contribution is 5.98. The van der Waals surface area contributed by atoms with Crippen molar-refractivity contribution in [2.24, 2.45) is 0 Å². The lowest BCUT2D eigenvalue weighted by atomic mass is 9.97. The lowest BCUT2D eigenvalue weighted by Gasteiger charge is -2.14. The Morgan fingerprint density at radius 2 is 2.22 bits per heavy atom. The molecule has 0 aliphatic heterocycles. The molecule has 18 heavy (non-hydrogen) atoms. The maximum absolute atomic E-state index is 11.7. The van der Waals surface area contributed by atoms with Crippen LogP contribution in [0.4, 0.5) is 0 Å². The van der Waals surface area contributed by atoms with E-state index >= 15 is 0 Å². The first-order chi connectivity index (χ1) is 8.84. The molecule has 0 unspecified atom stereocenters. The van der Waals surface area contributed by atoms with Crippen LogP contribution in [0.15, 0.2) is 36.8 Å². The van der Waals surface area contributed by atoms with Crippen LogP contribution in [0.2, 0.25) is 0 Å². The predicted molar refractivity (Wildman–Crippen MR) is 69.6 cm³/mol. The van der Waals surface area contributed by atoms with Crippen LogP contribution in [0.25, 0.3) is 0 Å². The number of aryl methyl sites for hydroxylation is 2. The molecule has 0 radical (unpaired) electrons. The molecule has 0 bridgehead atoms. The lowest BCUT2D eigenvalue weighted by Crippen LogP contribution is -2.13. The second-order valence-corrected chi connectivity index (χ2v) is 4.76. The first kappa shape index (κ1) is 11.2. The van der Waals surface area contributed by atoms with Crippen LogP contribution < -0.4 is 0 Å². The monoisotopic (exact) mass is 240 g/mol. The van der Waals surface area contributed by atoms with Crippen LogP contribution in [0.5, 0.6) is 0 Å². The van der Waals surface area contributed by atoms with Gasteiger partial charge in [-0.15, -0.1) is 0 Å². The van der Waals surface area contributed by atoms with Gasteiger partial charge in [-0.1, -0.05) is 6.07 Å². The quantitative estimate of drug-likeness (QED) is 0.826. The van der Waals surface area contributed by atoms with Crippen molar-refractivity contribution in [3.8, 4) is 0 Å². The average Bonchev–Trinajstić information content (AvgIpc) is 2.82. The smallest absolute Gasteiger partial charge is 0.164 e. The number of rotatable bonds is 3. The maximum atomic E-state index is 11.7. The van der Waals surface area contributed by atoms with Gasteiger partial charge in [0.15, 0.2) is 5.78 Å². The largest absolute Gasteiger partial charge is 0.350 e. The summed E-state index contributed by atoms with van der Waals surface area (Å²) in [6.07, 6.45) is 9.43. The van der Waals surface area contributed by atoms with E-state index in [2.05, 4.69) is 15.6 Å². The van der Waals surface area contributed by atoms with Crippen LogP contribution in [-0.4, -0.2) is 15.3 Å². The van der Waals surface area contributed by atoms with Crippen molar-refractivity contribution in [1.29, 1.82) is 0 Å². The van der Waals surface area contributed by atoms with E-state index in [1.165, 1.54) is 11.3 Å². The molecule has 0 atom stereocenters. The molecule has 3 nitrogen and oxygen atoms in total. The number of Topliss-reactive ketones (excluding diaryl/α,β-unsaturated/α-hetero) is 1. The van der Waals surface area contributed by atoms with Crippen LogP contribution in [0.3, 0.4) is 0 Å². The van der Waals surface area contributed by atoms with E-state index in [-0.39, 0.29) is 0 Å². The van der Waals surface area contributed by atoms with Gasteiger partial charge in [0.2, 0.25) is 0 Å². The number of carbonyl (C=O) groups is 1. The Bertz CT molecular complexity index is 557. The third-order valence-corrected chi connectivity index (χ3v) is 3.56. The minimum atomic E-state index is 0.302. The summed E-state index contributed by atoms with van der Waals surface area (Å²) in [5, 5.41) is 0. The molecule has 2 aromatic rings. The SMILES string of the molecule is O=C1CCCc2c1ccn2CCc1cccnc1. The highest BCUT2D eigenvalue weighted by Gasteiger charge is 2.20. The number of aromatic nitrogens is 2. The zero-order valence-electron chi connectivity index (χ0n) is 10.3. The lowest BCUT2D eigenvalue weighted by molar-refractivity contribution is 0.0972. The van der Waals surface area contributed by atoms with Gasteiger partial charge in [0.25, 0.3) is 0 Å². The van der Waals surface area contributed by atoms with Gasteiger partial charge in [-0.05, 0) is 37.0 Å². The molecular formula is C15H16N2O. The van der Waals surface area contributed by atoms with Crippen molar-refractivity contribution in [2.75, 3.05) is 0 Å². The summed E-state index contributed by atoms with van der Waals surface area (Å²) >= 11 is 0. The Morgan fingerprint density at radius 3 is 3.06 bits per heavy atom. The zero-order chi connectivity index (χ0) is 12.4. The molecule has 2 aromatic heterocycles. The molecule has 92 valence electrons. The van der Waals surface area contributed by atoms with Crippen LogP contribution in [0.1, 0.15) is 34.5 Å². The Hall–Kier alpha value is -1.90. The van der Waals surface area contributed by atoms with E-state index in [4.69, 9.17) is 0 Å². The molecule has 2 heterocycles. The van der Waals surface area contributed by atoms with Crippen LogP contribution in [0, 0.1) is 0 Å². The van der Waals surface area contributed by atoms with E-state index in [1.54, 1.807) is 6.20 Å². The van der Waals surface area contributed by atoms with E-state index in [1.807, 2.05) is 24.5 Å². The molecular weight excluding hydrogens is 224 g/mol. The topological polar surface area (TPSA) is 34.9 Å². The number of nitrogens with zero attached hydrogens (tertiary/aromatic N) is 2. The van der Waals surface area contributed by atoms with Crippen molar-refractivity contribution < 1.29 is 4.79 Å². The summed E-state index contributed by atoms with van der Waals surface area (Å²) in [7, 11) is 0. The van der Waals surface area contributed by atoms with Gasteiger partial charge in [0.1, 0.15) is 0 Å². The molecule has 1 aliphatic carbocycles. The summed E-state index contributed by atoms with van der Waals surface area (Å²) in [6, 6.07) is 6.03. The van der Waals surface area contributed by atoms with Gasteiger partial charge in [0.05, 0.1) is 0 Å². The summed E-state index contributed by atoms with van der Waals surface area (Å²) in [4.78, 5) is 15.9. The Labute approximate surface area is 106 Å². The predicted octanol–water partition coefficient (Wildman–Crippen LogP) is 2.64. The van der Waals surface area contributed by atoms with Crippen LogP contribution >= 0.6 is 0 Å². The molecule has 0 amide bonds. The first-order valence-electron chi connectivity index (χ1n) is 6.45. The van der Waals surface area contributed by atoms with Crippen molar-refractivity contribution in [3.63, 3.8) is 0 Å². The first-order valence-corrected chi connectivity index (χ1v) is 6.45. The average molecular weight is 240 g/mol. The zero-order valence-corrected chi connectivity index (χ0v) is 10.3. The fraction of sp³-hybridized carbons (Fsp3) is 0.333. The molecule has 0 saturated carbocycles. The van der Waals surface area contributed by atoms with Crippen molar-refractivity contribution in [3.05, 3.63) is 53.6 Å². The molecule has 3 rings (SSSR count). The number of hydrogen-bond donors (Lipinski definition) is 0. The third-order valence-electron chi connectivity index (χ3n) is 3.56. The van der Waals surface area contributed by atoms with Gasteiger partial charge in [-0.2, -0.15) is 0 Å². The normalized spacial score (nSPS) is 14.6. The highest BCUT2D eigenvalue weighted by atomic mass is 16.1. The summed E-state index contributed by atoms with van der Waals surface area (Å²) in [5.74, 6) is 0.302. The molecule has 3 heteroatoms. The summed E-state index contributed by atoms with van der Waals surface area (Å²) in [6.45, 7) is 0.925. The molecule has 0 fully saturated rings. The van der Waals surface area contributed by atoms with E-state index in [0.29, 0.717) is 12.2 Å². The molecule has 1 aliphatic rings. The molecule has 0 N–H and O–H groups in total. The van der Waals surface area contributed by atoms with Gasteiger partial charge in [0, 0.05) is 42.8 Å². The second-order valence-electron chi connectivity index (χ2n) is 4.76. The minimum absolute atomic E-state index is 0.302. The van der Waals surface area contributed by atoms with Crippen molar-refractivity contribution >= 4 is 5.78 Å². The summed E-state index contributed by atoms with van der Waals surface area (Å²) < 4.78 is 2.22. The fourth-order valence-electron chi connectivity index (χ4n) is 2.59. The number of hydrogen-bond acceptors (Lipinski definition) is 2. The van der Waals surface area contributed by atoms with Crippen LogP contribution in [-0.2, 0) is 19.4 Å². The number of ketones is 1. The second kappa shape index (κ2) is 4.77. The number of carbonyl (C=O) groups excluding carboxylic acids is 1. The molecule has 0 saturated heterocycles. The minimum Gasteiger partial charge on any atom is -0.350 e. The van der Waals surface area contributed by atoms with E-state index in [0.717, 1.165) is 31.4 Å². The number of fused-ring (bicyclic) bond motifs is 1. The summed E-state index contributed by atoms with van der Waals surface area (Å²) in [5.41, 5.74) is 3.39. The van der Waals surface area contributed by atoms with Gasteiger partial charge in [-0.3, -0.25) is 9.78 Å². The fourth-order valence-corrected chi connectivity index (χ4v) is 2.59. The Morgan fingerprint density at radius 1 is 1.28 bits per heavy atom. The van der Waals surface area contributed by atoms with Crippen molar-refractivity contribution in [1.82, 2.24) is 9.55 Å². The third kappa shape index (κ3) is 2.08. The molecule has 0 spiro atoms. The maximum Gasteiger partial charge on any atom is 0.164 e. The standard InChI is InChI=1S/C15H16N2O/c18-15-5-1-4-14-13(15)7-10-17(14)9-6-12-3-2-8-16-11-12/h2-3,7-8,10-11H,1,4-6,9H2. The Kier molecular flexibility index (Phi) is 2.97. The molecule has 0 aromatic carbocycles. The number of pyridine rings is 1. The highest BCUT2D eigenvalue weighted by Crippen LogP contribution is 2.22. The van der Waals surface area contributed by atoms with Crippen molar-refractivity contribution in [2.45, 2.75) is 32.2 Å². The van der Waals surface area contributed by atoms with E-state index in [9.17, 15) is 4.79 Å². The Balaban J connectivity index is 1.76. The van der Waals surface area contributed by atoms with Gasteiger partial charge in [-0.25, -0.2) is 0 Å². The van der Waals surface area contributed by atoms with Gasteiger partial charge >= 0.3 is 0 Å². The van der Waals surface area contributed by atoms with E-state index < -0.39 is 0 Å².